The monoisotopic (exact) mass is 302 g/mol. The van der Waals surface area contributed by atoms with Crippen molar-refractivity contribution in [1.29, 1.82) is 0 Å². The molecule has 0 radical (unpaired) electrons. The van der Waals surface area contributed by atoms with Gasteiger partial charge < -0.3 is 4.57 Å². The van der Waals surface area contributed by atoms with Crippen LogP contribution < -0.4 is 0 Å². The van der Waals surface area contributed by atoms with Crippen LogP contribution in [0.1, 0.15) is 41.5 Å². The van der Waals surface area contributed by atoms with Gasteiger partial charge in [-0.2, -0.15) is 13.2 Å². The van der Waals surface area contributed by atoms with Crippen LogP contribution in [0, 0.1) is 13.8 Å². The molecule has 0 spiro atoms. The predicted octanol–water partition coefficient (Wildman–Crippen LogP) is 3.33. The summed E-state index contributed by atoms with van der Waals surface area (Å²) in [7, 11) is 0. The average molecular weight is 302 g/mol. The summed E-state index contributed by atoms with van der Waals surface area (Å²) in [4.78, 5) is 13.6. The first kappa shape index (κ1) is 16.1. The van der Waals surface area contributed by atoms with E-state index in [-0.39, 0.29) is 18.4 Å². The number of carbonyl (C=O) groups excluding carboxylic acids is 1. The molecule has 0 amide bonds. The van der Waals surface area contributed by atoms with Crippen LogP contribution in [-0.4, -0.2) is 40.6 Å². The summed E-state index contributed by atoms with van der Waals surface area (Å²) >= 11 is 0. The molecular formula is C15H21F3N2O. The zero-order chi connectivity index (χ0) is 15.8. The number of alkyl halides is 3. The molecule has 2 rings (SSSR count). The molecule has 0 aromatic carbocycles. The molecule has 1 aromatic heterocycles. The zero-order valence-corrected chi connectivity index (χ0v) is 12.6. The highest BCUT2D eigenvalue weighted by Gasteiger charge is 2.39. The van der Waals surface area contributed by atoms with Crippen molar-refractivity contribution in [3.05, 3.63) is 23.0 Å². The maximum atomic E-state index is 12.6. The van der Waals surface area contributed by atoms with E-state index in [0.29, 0.717) is 5.56 Å². The summed E-state index contributed by atoms with van der Waals surface area (Å²) in [5, 5.41) is 0. The molecule has 1 aliphatic rings. The standard InChI is InChI=1S/C15H21F3N2O/c1-4-20-10(2)7-13(11(20)3)14(21)8-19(12-5-6-12)9-15(16,17)18/h7,12H,4-6,8-9H2,1-3H3. The lowest BCUT2D eigenvalue weighted by Gasteiger charge is -2.22. The molecule has 6 heteroatoms. The van der Waals surface area contributed by atoms with Crippen molar-refractivity contribution in [2.45, 2.75) is 52.4 Å². The van der Waals surface area contributed by atoms with Gasteiger partial charge in [0.05, 0.1) is 13.1 Å². The molecule has 1 heterocycles. The summed E-state index contributed by atoms with van der Waals surface area (Å²) in [6.45, 7) is 5.32. The Balaban J connectivity index is 2.12. The van der Waals surface area contributed by atoms with Gasteiger partial charge in [0.25, 0.3) is 0 Å². The van der Waals surface area contributed by atoms with Gasteiger partial charge in [-0.05, 0) is 39.7 Å². The SMILES string of the molecule is CCn1c(C)cc(C(=O)CN(CC(F)(F)F)C2CC2)c1C. The Morgan fingerprint density at radius 1 is 1.38 bits per heavy atom. The van der Waals surface area contributed by atoms with Crippen molar-refractivity contribution in [2.75, 3.05) is 13.1 Å². The highest BCUT2D eigenvalue weighted by Crippen LogP contribution is 2.30. The Bertz CT molecular complexity index is 530. The molecule has 21 heavy (non-hydrogen) atoms. The lowest BCUT2D eigenvalue weighted by Crippen LogP contribution is -2.39. The normalized spacial score (nSPS) is 15.8. The van der Waals surface area contributed by atoms with E-state index in [2.05, 4.69) is 0 Å². The number of nitrogens with zero attached hydrogens (tertiary/aromatic N) is 2. The fraction of sp³-hybridized carbons (Fsp3) is 0.667. The number of halogens is 3. The van der Waals surface area contributed by atoms with Crippen LogP contribution in [0.3, 0.4) is 0 Å². The number of hydrogen-bond donors (Lipinski definition) is 0. The number of aryl methyl sites for hydroxylation is 1. The van der Waals surface area contributed by atoms with E-state index in [1.165, 1.54) is 4.90 Å². The van der Waals surface area contributed by atoms with Gasteiger partial charge in [0.2, 0.25) is 0 Å². The number of rotatable bonds is 6. The smallest absolute Gasteiger partial charge is 0.349 e. The van der Waals surface area contributed by atoms with Crippen LogP contribution in [0.5, 0.6) is 0 Å². The Morgan fingerprint density at radius 3 is 2.43 bits per heavy atom. The third kappa shape index (κ3) is 3.87. The summed E-state index contributed by atoms with van der Waals surface area (Å²) in [5.41, 5.74) is 2.34. The van der Waals surface area contributed by atoms with Crippen molar-refractivity contribution < 1.29 is 18.0 Å². The first-order valence-corrected chi connectivity index (χ1v) is 7.23. The van der Waals surface area contributed by atoms with Gasteiger partial charge in [-0.1, -0.05) is 0 Å². The van der Waals surface area contributed by atoms with Crippen molar-refractivity contribution in [3.8, 4) is 0 Å². The van der Waals surface area contributed by atoms with Gasteiger partial charge in [0.1, 0.15) is 0 Å². The number of Topliss-reactive ketones (excluding diaryl/α,β-unsaturated/α-hetero) is 1. The van der Waals surface area contributed by atoms with Gasteiger partial charge >= 0.3 is 6.18 Å². The van der Waals surface area contributed by atoms with E-state index in [9.17, 15) is 18.0 Å². The van der Waals surface area contributed by atoms with E-state index in [1.807, 2.05) is 25.3 Å². The summed E-state index contributed by atoms with van der Waals surface area (Å²) in [6, 6.07) is 1.69. The van der Waals surface area contributed by atoms with Gasteiger partial charge in [0, 0.05) is 29.5 Å². The van der Waals surface area contributed by atoms with Gasteiger partial charge in [-0.15, -0.1) is 0 Å². The van der Waals surface area contributed by atoms with Crippen LogP contribution in [0.2, 0.25) is 0 Å². The van der Waals surface area contributed by atoms with Gasteiger partial charge in [-0.3, -0.25) is 9.69 Å². The number of carbonyl (C=O) groups is 1. The maximum Gasteiger partial charge on any atom is 0.401 e. The minimum atomic E-state index is -4.26. The highest BCUT2D eigenvalue weighted by atomic mass is 19.4. The zero-order valence-electron chi connectivity index (χ0n) is 12.6. The molecule has 0 aliphatic heterocycles. The third-order valence-corrected chi connectivity index (χ3v) is 3.98. The quantitative estimate of drug-likeness (QED) is 0.753. The molecule has 0 N–H and O–H groups in total. The van der Waals surface area contributed by atoms with E-state index < -0.39 is 12.7 Å². The molecule has 1 aliphatic carbocycles. The third-order valence-electron chi connectivity index (χ3n) is 3.98. The van der Waals surface area contributed by atoms with Crippen LogP contribution in [0.4, 0.5) is 13.2 Å². The minimum Gasteiger partial charge on any atom is -0.349 e. The molecule has 0 unspecified atom stereocenters. The Labute approximate surface area is 122 Å². The highest BCUT2D eigenvalue weighted by molar-refractivity contribution is 5.99. The molecule has 0 atom stereocenters. The van der Waals surface area contributed by atoms with Crippen molar-refractivity contribution >= 4 is 5.78 Å². The first-order valence-electron chi connectivity index (χ1n) is 7.23. The second-order valence-corrected chi connectivity index (χ2v) is 5.70. The largest absolute Gasteiger partial charge is 0.401 e. The fourth-order valence-electron chi connectivity index (χ4n) is 2.82. The molecule has 3 nitrogen and oxygen atoms in total. The van der Waals surface area contributed by atoms with E-state index in [0.717, 1.165) is 30.8 Å². The second-order valence-electron chi connectivity index (χ2n) is 5.70. The predicted molar refractivity (Wildman–Crippen MR) is 74.6 cm³/mol. The lowest BCUT2D eigenvalue weighted by atomic mass is 10.1. The van der Waals surface area contributed by atoms with Crippen LogP contribution >= 0.6 is 0 Å². The molecule has 0 saturated heterocycles. The molecule has 1 fully saturated rings. The van der Waals surface area contributed by atoms with E-state index in [4.69, 9.17) is 0 Å². The average Bonchev–Trinajstić information content (AvgIpc) is 3.14. The Kier molecular flexibility index (Phi) is 4.46. The maximum absolute atomic E-state index is 12.6. The molecule has 118 valence electrons. The van der Waals surface area contributed by atoms with E-state index in [1.54, 1.807) is 6.07 Å². The van der Waals surface area contributed by atoms with Crippen molar-refractivity contribution in [2.24, 2.45) is 0 Å². The molecule has 1 saturated carbocycles. The van der Waals surface area contributed by atoms with Crippen molar-refractivity contribution in [3.63, 3.8) is 0 Å². The lowest BCUT2D eigenvalue weighted by molar-refractivity contribution is -0.145. The fourth-order valence-corrected chi connectivity index (χ4v) is 2.82. The summed E-state index contributed by atoms with van der Waals surface area (Å²) in [6.07, 6.45) is -2.77. The van der Waals surface area contributed by atoms with E-state index >= 15 is 0 Å². The summed E-state index contributed by atoms with van der Waals surface area (Å²) < 4.78 is 39.8. The van der Waals surface area contributed by atoms with Gasteiger partial charge in [-0.25, -0.2) is 0 Å². The van der Waals surface area contributed by atoms with Crippen LogP contribution in [-0.2, 0) is 6.54 Å². The Morgan fingerprint density at radius 2 is 2.00 bits per heavy atom. The second kappa shape index (κ2) is 5.83. The van der Waals surface area contributed by atoms with Crippen LogP contribution in [0.25, 0.3) is 0 Å². The number of hydrogen-bond acceptors (Lipinski definition) is 2. The number of ketones is 1. The number of aromatic nitrogens is 1. The van der Waals surface area contributed by atoms with Crippen molar-refractivity contribution in [1.82, 2.24) is 9.47 Å². The first-order chi connectivity index (χ1) is 9.73. The molecule has 0 bridgehead atoms. The minimum absolute atomic E-state index is 0.0924. The van der Waals surface area contributed by atoms with Crippen LogP contribution in [0.15, 0.2) is 6.07 Å². The summed E-state index contributed by atoms with van der Waals surface area (Å²) in [5.74, 6) is -0.223. The molecule has 1 aromatic rings. The van der Waals surface area contributed by atoms with Gasteiger partial charge in [0.15, 0.2) is 5.78 Å². The molecular weight excluding hydrogens is 281 g/mol. The topological polar surface area (TPSA) is 25.2 Å². The Hall–Kier alpha value is -1.30.